The average Bonchev–Trinajstić information content (AvgIpc) is 2.28. The summed E-state index contributed by atoms with van der Waals surface area (Å²) in [5, 5.41) is 0. The predicted octanol–water partition coefficient (Wildman–Crippen LogP) is 2.07. The van der Waals surface area contributed by atoms with Gasteiger partial charge in [-0.1, -0.05) is 30.3 Å². The lowest BCUT2D eigenvalue weighted by Gasteiger charge is -2.15. The van der Waals surface area contributed by atoms with Crippen molar-refractivity contribution in [2.45, 2.75) is 19.9 Å². The first kappa shape index (κ1) is 12.7. The zero-order chi connectivity index (χ0) is 11.8. The van der Waals surface area contributed by atoms with Gasteiger partial charge in [0.1, 0.15) is 0 Å². The first-order chi connectivity index (χ1) is 7.72. The smallest absolute Gasteiger partial charge is 0.307 e. The van der Waals surface area contributed by atoms with Gasteiger partial charge in [-0.2, -0.15) is 0 Å². The summed E-state index contributed by atoms with van der Waals surface area (Å²) in [6.45, 7) is 3.88. The van der Waals surface area contributed by atoms with Crippen molar-refractivity contribution < 1.29 is 9.53 Å². The fourth-order valence-electron chi connectivity index (χ4n) is 1.49. The molecule has 16 heavy (non-hydrogen) atoms. The SMILES string of the molecule is CCOC(=O)CCN(C)Cc1ccccc1. The number of hydrogen-bond donors (Lipinski definition) is 0. The van der Waals surface area contributed by atoms with Crippen molar-refractivity contribution in [2.24, 2.45) is 0 Å². The molecule has 0 aromatic heterocycles. The summed E-state index contributed by atoms with van der Waals surface area (Å²) in [6, 6.07) is 10.2. The van der Waals surface area contributed by atoms with Crippen LogP contribution in [0.4, 0.5) is 0 Å². The van der Waals surface area contributed by atoms with Crippen LogP contribution in [0.5, 0.6) is 0 Å². The highest BCUT2D eigenvalue weighted by Crippen LogP contribution is 2.03. The summed E-state index contributed by atoms with van der Waals surface area (Å²) in [6.07, 6.45) is 0.456. The van der Waals surface area contributed by atoms with Crippen LogP contribution in [0, 0.1) is 0 Å². The number of ether oxygens (including phenoxy) is 1. The third kappa shape index (κ3) is 4.94. The average molecular weight is 221 g/mol. The molecule has 0 fully saturated rings. The molecule has 1 aromatic rings. The second-order valence-corrected chi connectivity index (χ2v) is 3.78. The van der Waals surface area contributed by atoms with E-state index in [1.807, 2.05) is 32.2 Å². The van der Waals surface area contributed by atoms with Crippen molar-refractivity contribution in [3.05, 3.63) is 35.9 Å². The lowest BCUT2D eigenvalue weighted by atomic mass is 10.2. The Morgan fingerprint density at radius 3 is 2.62 bits per heavy atom. The Balaban J connectivity index is 2.26. The third-order valence-electron chi connectivity index (χ3n) is 2.30. The molecule has 88 valence electrons. The fraction of sp³-hybridized carbons (Fsp3) is 0.462. The van der Waals surface area contributed by atoms with Crippen LogP contribution in [0.2, 0.25) is 0 Å². The number of nitrogens with zero attached hydrogens (tertiary/aromatic N) is 1. The lowest BCUT2D eigenvalue weighted by molar-refractivity contribution is -0.143. The summed E-state index contributed by atoms with van der Waals surface area (Å²) < 4.78 is 4.88. The van der Waals surface area contributed by atoms with E-state index in [1.54, 1.807) is 0 Å². The predicted molar refractivity (Wildman–Crippen MR) is 64.0 cm³/mol. The van der Waals surface area contributed by atoms with Gasteiger partial charge in [0, 0.05) is 13.1 Å². The van der Waals surface area contributed by atoms with Crippen molar-refractivity contribution >= 4 is 5.97 Å². The Labute approximate surface area is 97.0 Å². The molecule has 0 N–H and O–H groups in total. The molecule has 3 nitrogen and oxygen atoms in total. The van der Waals surface area contributed by atoms with E-state index in [1.165, 1.54) is 5.56 Å². The minimum atomic E-state index is -0.123. The Morgan fingerprint density at radius 1 is 1.31 bits per heavy atom. The van der Waals surface area contributed by atoms with Gasteiger partial charge in [0.05, 0.1) is 13.0 Å². The highest BCUT2D eigenvalue weighted by molar-refractivity contribution is 5.69. The molecule has 0 bridgehead atoms. The fourth-order valence-corrected chi connectivity index (χ4v) is 1.49. The van der Waals surface area contributed by atoms with Gasteiger partial charge in [-0.3, -0.25) is 4.79 Å². The van der Waals surface area contributed by atoms with Crippen LogP contribution in [-0.2, 0) is 16.1 Å². The molecular formula is C13H19NO2. The Kier molecular flexibility index (Phi) is 5.57. The van der Waals surface area contributed by atoms with Crippen LogP contribution in [-0.4, -0.2) is 31.1 Å². The summed E-state index contributed by atoms with van der Waals surface area (Å²) in [5.74, 6) is -0.123. The highest BCUT2D eigenvalue weighted by Gasteiger charge is 2.05. The van der Waals surface area contributed by atoms with E-state index < -0.39 is 0 Å². The number of carbonyl (C=O) groups is 1. The summed E-state index contributed by atoms with van der Waals surface area (Å²) >= 11 is 0. The molecule has 0 saturated carbocycles. The van der Waals surface area contributed by atoms with Crippen LogP contribution >= 0.6 is 0 Å². The van der Waals surface area contributed by atoms with Gasteiger partial charge in [0.25, 0.3) is 0 Å². The Hall–Kier alpha value is -1.35. The minimum Gasteiger partial charge on any atom is -0.466 e. The maximum atomic E-state index is 11.2. The topological polar surface area (TPSA) is 29.5 Å². The van der Waals surface area contributed by atoms with Gasteiger partial charge in [-0.15, -0.1) is 0 Å². The molecule has 0 saturated heterocycles. The van der Waals surface area contributed by atoms with Gasteiger partial charge < -0.3 is 9.64 Å². The molecule has 0 atom stereocenters. The van der Waals surface area contributed by atoms with E-state index in [9.17, 15) is 4.79 Å². The quantitative estimate of drug-likeness (QED) is 0.689. The molecule has 0 aliphatic rings. The van der Waals surface area contributed by atoms with Crippen LogP contribution in [0.1, 0.15) is 18.9 Å². The molecule has 0 aliphatic carbocycles. The number of rotatable bonds is 6. The maximum Gasteiger partial charge on any atom is 0.307 e. The minimum absolute atomic E-state index is 0.123. The molecule has 0 aliphatic heterocycles. The van der Waals surface area contributed by atoms with Gasteiger partial charge in [-0.05, 0) is 19.5 Å². The first-order valence-corrected chi connectivity index (χ1v) is 5.60. The van der Waals surface area contributed by atoms with E-state index in [-0.39, 0.29) is 5.97 Å². The van der Waals surface area contributed by atoms with Crippen LogP contribution in [0.15, 0.2) is 30.3 Å². The second kappa shape index (κ2) is 7.01. The monoisotopic (exact) mass is 221 g/mol. The van der Waals surface area contributed by atoms with Gasteiger partial charge in [0.15, 0.2) is 0 Å². The van der Waals surface area contributed by atoms with Crippen molar-refractivity contribution in [1.82, 2.24) is 4.90 Å². The Bertz CT molecular complexity index is 311. The normalized spacial score (nSPS) is 10.4. The maximum absolute atomic E-state index is 11.2. The number of hydrogen-bond acceptors (Lipinski definition) is 3. The molecule has 1 aromatic carbocycles. The zero-order valence-corrected chi connectivity index (χ0v) is 9.98. The standard InChI is InChI=1S/C13H19NO2/c1-3-16-13(15)9-10-14(2)11-12-7-5-4-6-8-12/h4-8H,3,9-11H2,1-2H3. The van der Waals surface area contributed by atoms with Gasteiger partial charge >= 0.3 is 5.97 Å². The summed E-state index contributed by atoms with van der Waals surface area (Å²) in [7, 11) is 2.01. The van der Waals surface area contributed by atoms with Gasteiger partial charge in [0.2, 0.25) is 0 Å². The zero-order valence-electron chi connectivity index (χ0n) is 9.98. The first-order valence-electron chi connectivity index (χ1n) is 5.60. The highest BCUT2D eigenvalue weighted by atomic mass is 16.5. The van der Waals surface area contributed by atoms with Crippen LogP contribution in [0.25, 0.3) is 0 Å². The lowest BCUT2D eigenvalue weighted by Crippen LogP contribution is -2.22. The summed E-state index contributed by atoms with van der Waals surface area (Å²) in [4.78, 5) is 13.3. The summed E-state index contributed by atoms with van der Waals surface area (Å²) in [5.41, 5.74) is 1.26. The second-order valence-electron chi connectivity index (χ2n) is 3.78. The van der Waals surface area contributed by atoms with Crippen molar-refractivity contribution in [3.63, 3.8) is 0 Å². The van der Waals surface area contributed by atoms with Crippen LogP contribution in [0.3, 0.4) is 0 Å². The van der Waals surface area contributed by atoms with Gasteiger partial charge in [-0.25, -0.2) is 0 Å². The number of esters is 1. The molecule has 0 heterocycles. The molecule has 3 heteroatoms. The molecule has 0 unspecified atom stereocenters. The van der Waals surface area contributed by atoms with E-state index in [0.717, 1.165) is 13.1 Å². The Morgan fingerprint density at radius 2 is 2.00 bits per heavy atom. The van der Waals surface area contributed by atoms with E-state index in [0.29, 0.717) is 13.0 Å². The molecular weight excluding hydrogens is 202 g/mol. The largest absolute Gasteiger partial charge is 0.466 e. The van der Waals surface area contributed by atoms with E-state index >= 15 is 0 Å². The number of benzene rings is 1. The molecule has 1 rings (SSSR count). The third-order valence-corrected chi connectivity index (χ3v) is 2.30. The molecule has 0 spiro atoms. The number of carbonyl (C=O) groups excluding carboxylic acids is 1. The van der Waals surface area contributed by atoms with Crippen molar-refractivity contribution in [1.29, 1.82) is 0 Å². The molecule has 0 radical (unpaired) electrons. The van der Waals surface area contributed by atoms with E-state index in [2.05, 4.69) is 17.0 Å². The van der Waals surface area contributed by atoms with Crippen molar-refractivity contribution in [2.75, 3.05) is 20.2 Å². The van der Waals surface area contributed by atoms with E-state index in [4.69, 9.17) is 4.74 Å². The van der Waals surface area contributed by atoms with Crippen LogP contribution < -0.4 is 0 Å². The molecule has 0 amide bonds. The van der Waals surface area contributed by atoms with Crippen molar-refractivity contribution in [3.8, 4) is 0 Å².